The van der Waals surface area contributed by atoms with Gasteiger partial charge < -0.3 is 15.9 Å². The summed E-state index contributed by atoms with van der Waals surface area (Å²) in [7, 11) is 0. The number of aliphatic hydroxyl groups is 2. The van der Waals surface area contributed by atoms with Crippen LogP contribution in [0.1, 0.15) is 6.92 Å². The quantitative estimate of drug-likeness (QED) is 0.468. The molecule has 0 amide bonds. The van der Waals surface area contributed by atoms with Crippen molar-refractivity contribution in [2.24, 2.45) is 5.73 Å². The van der Waals surface area contributed by atoms with Gasteiger partial charge in [-0.1, -0.05) is 0 Å². The molecule has 0 saturated carbocycles. The first-order valence-corrected chi connectivity index (χ1v) is 2.23. The fourth-order valence-electron chi connectivity index (χ4n) is 0.153. The van der Waals surface area contributed by atoms with Gasteiger partial charge in [-0.3, -0.25) is 0 Å². The van der Waals surface area contributed by atoms with Crippen LogP contribution in [0.15, 0.2) is 0 Å². The van der Waals surface area contributed by atoms with Gasteiger partial charge in [0, 0.05) is 0 Å². The molecule has 0 aromatic rings. The second kappa shape index (κ2) is 5.31. The summed E-state index contributed by atoms with van der Waals surface area (Å²) in [6.45, 7) is 1.39. The highest BCUT2D eigenvalue weighted by Gasteiger charge is 2.04. The van der Waals surface area contributed by atoms with Crippen molar-refractivity contribution >= 4 is 12.4 Å². The van der Waals surface area contributed by atoms with E-state index in [1.54, 1.807) is 6.92 Å². The summed E-state index contributed by atoms with van der Waals surface area (Å²) < 4.78 is 0. The zero-order chi connectivity index (χ0) is 5.86. The predicted molar refractivity (Wildman–Crippen MR) is 34.0 cm³/mol. The van der Waals surface area contributed by atoms with Crippen LogP contribution < -0.4 is 5.73 Å². The fourth-order valence-corrected chi connectivity index (χ4v) is 0.153. The molecule has 0 aliphatic carbocycles. The van der Waals surface area contributed by atoms with Crippen LogP contribution in [-0.2, 0) is 0 Å². The van der Waals surface area contributed by atoms with Crippen LogP contribution in [0.25, 0.3) is 0 Å². The lowest BCUT2D eigenvalue weighted by Gasteiger charge is -2.08. The third-order valence-corrected chi connectivity index (χ3v) is 0.830. The lowest BCUT2D eigenvalue weighted by molar-refractivity contribution is 0.123. The number of nitrogens with two attached hydrogens (primary N) is 1. The van der Waals surface area contributed by atoms with E-state index in [1.807, 2.05) is 0 Å². The van der Waals surface area contributed by atoms with E-state index >= 15 is 0 Å². The normalized spacial score (nSPS) is 16.5. The first-order valence-electron chi connectivity index (χ1n) is 2.23. The third kappa shape index (κ3) is 4.33. The number of hydrogen-bond donors (Lipinski definition) is 3. The van der Waals surface area contributed by atoms with Crippen molar-refractivity contribution in [2.75, 3.05) is 6.61 Å². The Bertz CT molecular complexity index is 51.3. The molecule has 4 N–H and O–H groups in total. The molecule has 0 rings (SSSR count). The molecule has 0 fully saturated rings. The number of hydrogen-bond acceptors (Lipinski definition) is 3. The minimum Gasteiger partial charge on any atom is -0.395 e. The van der Waals surface area contributed by atoms with Gasteiger partial charge in [0.25, 0.3) is 0 Å². The van der Waals surface area contributed by atoms with Crippen molar-refractivity contribution in [2.45, 2.75) is 19.1 Å². The van der Waals surface area contributed by atoms with Gasteiger partial charge in [0.05, 0.1) is 18.8 Å². The Labute approximate surface area is 54.9 Å². The Morgan fingerprint density at radius 2 is 2.00 bits per heavy atom. The average Bonchev–Trinajstić information content (AvgIpc) is 1.65. The maximum Gasteiger partial charge on any atom is 0.0685 e. The maximum atomic E-state index is 8.54. The molecule has 0 aromatic heterocycles. The minimum atomic E-state index is -0.606. The van der Waals surface area contributed by atoms with Gasteiger partial charge in [-0.15, -0.1) is 12.4 Å². The molecular formula is C4H12ClNO2. The van der Waals surface area contributed by atoms with Gasteiger partial charge in [-0.2, -0.15) is 0 Å². The lowest BCUT2D eigenvalue weighted by Crippen LogP contribution is -2.35. The lowest BCUT2D eigenvalue weighted by atomic mass is 10.2. The molecule has 4 heteroatoms. The SMILES string of the molecule is C[C@@H](O)[C@H](N)CO.Cl. The smallest absolute Gasteiger partial charge is 0.0685 e. The topological polar surface area (TPSA) is 66.5 Å². The van der Waals surface area contributed by atoms with Crippen molar-refractivity contribution in [3.8, 4) is 0 Å². The van der Waals surface area contributed by atoms with Gasteiger partial charge in [0.15, 0.2) is 0 Å². The molecule has 0 saturated heterocycles. The van der Waals surface area contributed by atoms with E-state index in [1.165, 1.54) is 0 Å². The summed E-state index contributed by atoms with van der Waals surface area (Å²) in [6.07, 6.45) is -0.606. The molecule has 0 bridgehead atoms. The van der Waals surface area contributed by atoms with Crippen molar-refractivity contribution in [3.63, 3.8) is 0 Å². The summed E-state index contributed by atoms with van der Waals surface area (Å²) in [5, 5.41) is 16.8. The van der Waals surface area contributed by atoms with E-state index in [-0.39, 0.29) is 19.0 Å². The van der Waals surface area contributed by atoms with E-state index in [9.17, 15) is 0 Å². The number of rotatable bonds is 2. The molecule has 0 aliphatic heterocycles. The first-order chi connectivity index (χ1) is 3.18. The fraction of sp³-hybridized carbons (Fsp3) is 1.00. The molecule has 0 aromatic carbocycles. The Morgan fingerprint density at radius 3 is 2.00 bits per heavy atom. The number of aliphatic hydroxyl groups excluding tert-OH is 2. The summed E-state index contributed by atoms with van der Waals surface area (Å²) in [5.74, 6) is 0. The largest absolute Gasteiger partial charge is 0.395 e. The number of halogens is 1. The van der Waals surface area contributed by atoms with Crippen LogP contribution in [0.4, 0.5) is 0 Å². The molecule has 0 spiro atoms. The summed E-state index contributed by atoms with van der Waals surface area (Å²) in [6, 6.07) is -0.486. The Morgan fingerprint density at radius 1 is 1.62 bits per heavy atom. The highest BCUT2D eigenvalue weighted by atomic mass is 35.5. The molecule has 0 radical (unpaired) electrons. The predicted octanol–water partition coefficient (Wildman–Crippen LogP) is -0.891. The van der Waals surface area contributed by atoms with Crippen LogP contribution in [0.2, 0.25) is 0 Å². The molecule has 52 valence electrons. The zero-order valence-corrected chi connectivity index (χ0v) is 5.56. The third-order valence-electron chi connectivity index (χ3n) is 0.830. The second-order valence-electron chi connectivity index (χ2n) is 1.59. The van der Waals surface area contributed by atoms with E-state index in [4.69, 9.17) is 15.9 Å². The Hall–Kier alpha value is 0.170. The van der Waals surface area contributed by atoms with Gasteiger partial charge in [0.1, 0.15) is 0 Å². The van der Waals surface area contributed by atoms with Crippen LogP contribution in [0, 0.1) is 0 Å². The van der Waals surface area contributed by atoms with Crippen molar-refractivity contribution in [1.82, 2.24) is 0 Å². The molecule has 3 nitrogen and oxygen atoms in total. The zero-order valence-electron chi connectivity index (χ0n) is 4.74. The maximum absolute atomic E-state index is 8.54. The molecule has 8 heavy (non-hydrogen) atoms. The van der Waals surface area contributed by atoms with E-state index in [0.29, 0.717) is 0 Å². The highest BCUT2D eigenvalue weighted by Crippen LogP contribution is 1.83. The Kier molecular flexibility index (Phi) is 7.32. The van der Waals surface area contributed by atoms with Crippen LogP contribution in [0.3, 0.4) is 0 Å². The molecule has 0 heterocycles. The molecular weight excluding hydrogens is 130 g/mol. The molecule has 0 aliphatic rings. The van der Waals surface area contributed by atoms with Crippen LogP contribution >= 0.6 is 12.4 Å². The summed E-state index contributed by atoms with van der Waals surface area (Å²) in [4.78, 5) is 0. The van der Waals surface area contributed by atoms with E-state index in [2.05, 4.69) is 0 Å². The van der Waals surface area contributed by atoms with E-state index < -0.39 is 12.1 Å². The van der Waals surface area contributed by atoms with Gasteiger partial charge in [0.2, 0.25) is 0 Å². The van der Waals surface area contributed by atoms with Gasteiger partial charge in [-0.25, -0.2) is 0 Å². The van der Waals surface area contributed by atoms with Crippen molar-refractivity contribution < 1.29 is 10.2 Å². The van der Waals surface area contributed by atoms with Crippen LogP contribution in [-0.4, -0.2) is 29.0 Å². The molecule has 0 unspecified atom stereocenters. The van der Waals surface area contributed by atoms with Crippen molar-refractivity contribution in [1.29, 1.82) is 0 Å². The average molecular weight is 142 g/mol. The Balaban J connectivity index is 0. The monoisotopic (exact) mass is 141 g/mol. The van der Waals surface area contributed by atoms with Gasteiger partial charge >= 0.3 is 0 Å². The minimum absolute atomic E-state index is 0. The molecule has 2 atom stereocenters. The standard InChI is InChI=1S/C4H11NO2.ClH/c1-3(7)4(5)2-6;/h3-4,6-7H,2,5H2,1H3;1H/t3-,4-;/m1./s1. The highest BCUT2D eigenvalue weighted by molar-refractivity contribution is 5.85. The summed E-state index contributed by atoms with van der Waals surface area (Å²) >= 11 is 0. The van der Waals surface area contributed by atoms with E-state index in [0.717, 1.165) is 0 Å². The summed E-state index contributed by atoms with van der Waals surface area (Å²) in [5.41, 5.74) is 5.12. The van der Waals surface area contributed by atoms with Crippen molar-refractivity contribution in [3.05, 3.63) is 0 Å². The van der Waals surface area contributed by atoms with Gasteiger partial charge in [-0.05, 0) is 6.92 Å². The van der Waals surface area contributed by atoms with Crippen LogP contribution in [0.5, 0.6) is 0 Å². The first kappa shape index (κ1) is 11.0. The second-order valence-corrected chi connectivity index (χ2v) is 1.59.